The Hall–Kier alpha value is -1.81. The number of halogens is 2. The maximum Gasteiger partial charge on any atom is 0.316 e. The molecule has 1 aromatic carbocycles. The number of alkyl halides is 1. The normalized spacial score (nSPS) is 18.5. The van der Waals surface area contributed by atoms with Crippen LogP contribution in [-0.2, 0) is 10.0 Å². The molecule has 1 saturated carbocycles. The average molecular weight is 487 g/mol. The van der Waals surface area contributed by atoms with E-state index in [4.69, 9.17) is 27.9 Å². The Balaban J connectivity index is 1.67. The van der Waals surface area contributed by atoms with E-state index < -0.39 is 15.2 Å². The molecule has 168 valence electrons. The molecule has 0 N–H and O–H groups in total. The number of benzene rings is 1. The molecular weight excluding hydrogens is 463 g/mol. The first-order chi connectivity index (χ1) is 14.9. The van der Waals surface area contributed by atoms with E-state index in [-0.39, 0.29) is 30.5 Å². The molecule has 2 heterocycles. The Morgan fingerprint density at radius 3 is 2.48 bits per heavy atom. The van der Waals surface area contributed by atoms with E-state index in [1.54, 1.807) is 30.5 Å². The van der Waals surface area contributed by atoms with E-state index in [0.29, 0.717) is 29.5 Å². The molecule has 2 aliphatic rings. The highest BCUT2D eigenvalue weighted by Crippen LogP contribution is 2.30. The van der Waals surface area contributed by atoms with Crippen molar-refractivity contribution < 1.29 is 13.2 Å². The van der Waals surface area contributed by atoms with Crippen LogP contribution in [0.3, 0.4) is 0 Å². The van der Waals surface area contributed by atoms with Gasteiger partial charge in [-0.2, -0.15) is 14.1 Å². The van der Waals surface area contributed by atoms with Gasteiger partial charge < -0.3 is 9.64 Å². The van der Waals surface area contributed by atoms with Gasteiger partial charge in [-0.3, -0.25) is 4.79 Å². The van der Waals surface area contributed by atoms with Crippen LogP contribution in [0.4, 0.5) is 5.69 Å². The number of sulfonamides is 1. The zero-order valence-electron chi connectivity index (χ0n) is 16.9. The maximum absolute atomic E-state index is 13.4. The van der Waals surface area contributed by atoms with Crippen molar-refractivity contribution in [2.24, 2.45) is 0 Å². The summed E-state index contributed by atoms with van der Waals surface area (Å²) in [7, 11) is -3.46. The summed E-state index contributed by atoms with van der Waals surface area (Å²) in [5.74, 6) is 0.246. The molecule has 4 rings (SSSR count). The molecular formula is C20H24Cl2N4O4S. The van der Waals surface area contributed by atoms with Gasteiger partial charge in [0.15, 0.2) is 0 Å². The SMILES string of the molecule is O=c1c(OC2CCCC2)c(N2CCN(S(=O)(=O)CCl)CC2)cnn1-c1cccc(Cl)c1. The quantitative estimate of drug-likeness (QED) is 0.583. The molecule has 2 aromatic rings. The Labute approximate surface area is 191 Å². The number of nitrogens with zero attached hydrogens (tertiary/aromatic N) is 4. The number of anilines is 1. The summed E-state index contributed by atoms with van der Waals surface area (Å²) >= 11 is 11.7. The molecule has 2 fully saturated rings. The lowest BCUT2D eigenvalue weighted by atomic mass is 10.2. The summed E-state index contributed by atoms with van der Waals surface area (Å²) < 4.78 is 33.0. The van der Waals surface area contributed by atoms with E-state index >= 15 is 0 Å². The van der Waals surface area contributed by atoms with Crippen LogP contribution in [0.2, 0.25) is 5.02 Å². The van der Waals surface area contributed by atoms with Crippen molar-refractivity contribution in [2.75, 3.05) is 36.3 Å². The van der Waals surface area contributed by atoms with Gasteiger partial charge in [-0.1, -0.05) is 17.7 Å². The molecule has 0 spiro atoms. The van der Waals surface area contributed by atoms with Crippen molar-refractivity contribution >= 4 is 38.9 Å². The second-order valence-corrected chi connectivity index (χ2v) is 10.7. The standard InChI is InChI=1S/C20H24Cl2N4O4S/c21-14-31(28,29)25-10-8-24(9-11-25)18-13-23-26(16-5-3-4-15(22)12-16)20(27)19(18)30-17-6-1-2-7-17/h3-5,12-13,17H,1-2,6-11,14H2. The van der Waals surface area contributed by atoms with Crippen molar-refractivity contribution in [3.63, 3.8) is 0 Å². The van der Waals surface area contributed by atoms with Crippen molar-refractivity contribution in [1.29, 1.82) is 0 Å². The van der Waals surface area contributed by atoms with Gasteiger partial charge in [-0.25, -0.2) is 8.42 Å². The van der Waals surface area contributed by atoms with Crippen molar-refractivity contribution in [1.82, 2.24) is 14.1 Å². The number of hydrogen-bond donors (Lipinski definition) is 0. The minimum absolute atomic E-state index is 0.0143. The Morgan fingerprint density at radius 1 is 1.13 bits per heavy atom. The lowest BCUT2D eigenvalue weighted by molar-refractivity contribution is 0.205. The lowest BCUT2D eigenvalue weighted by Crippen LogP contribution is -2.49. The first-order valence-electron chi connectivity index (χ1n) is 10.2. The average Bonchev–Trinajstić information content (AvgIpc) is 3.28. The Bertz CT molecular complexity index is 1090. The molecule has 8 nitrogen and oxygen atoms in total. The van der Waals surface area contributed by atoms with E-state index in [9.17, 15) is 13.2 Å². The molecule has 0 radical (unpaired) electrons. The molecule has 1 aromatic heterocycles. The summed E-state index contributed by atoms with van der Waals surface area (Å²) in [5, 5.41) is 4.42. The molecule has 31 heavy (non-hydrogen) atoms. The predicted octanol–water partition coefficient (Wildman–Crippen LogP) is 2.86. The summed E-state index contributed by atoms with van der Waals surface area (Å²) in [5.41, 5.74) is 0.777. The third-order valence-electron chi connectivity index (χ3n) is 5.66. The van der Waals surface area contributed by atoms with Crippen LogP contribution in [0.1, 0.15) is 25.7 Å². The number of piperazine rings is 1. The molecule has 1 saturated heterocycles. The van der Waals surface area contributed by atoms with Gasteiger partial charge in [0.25, 0.3) is 0 Å². The smallest absolute Gasteiger partial charge is 0.316 e. The number of ether oxygens (including phenoxy) is 1. The Morgan fingerprint density at radius 2 is 1.84 bits per heavy atom. The largest absolute Gasteiger partial charge is 0.483 e. The monoisotopic (exact) mass is 486 g/mol. The van der Waals surface area contributed by atoms with Gasteiger partial charge >= 0.3 is 5.56 Å². The van der Waals surface area contributed by atoms with E-state index in [1.165, 1.54) is 8.99 Å². The van der Waals surface area contributed by atoms with E-state index in [1.807, 2.05) is 4.90 Å². The van der Waals surface area contributed by atoms with Crippen LogP contribution >= 0.6 is 23.2 Å². The van der Waals surface area contributed by atoms with Gasteiger partial charge in [0.2, 0.25) is 15.8 Å². The highest BCUT2D eigenvalue weighted by Gasteiger charge is 2.30. The minimum atomic E-state index is -3.46. The van der Waals surface area contributed by atoms with Crippen molar-refractivity contribution in [2.45, 2.75) is 31.8 Å². The first-order valence-corrected chi connectivity index (χ1v) is 12.7. The van der Waals surface area contributed by atoms with Crippen molar-refractivity contribution in [3.05, 3.63) is 45.8 Å². The third-order valence-corrected chi connectivity index (χ3v) is 8.15. The molecule has 1 aliphatic carbocycles. The summed E-state index contributed by atoms with van der Waals surface area (Å²) in [6.45, 7) is 1.41. The second-order valence-electron chi connectivity index (χ2n) is 7.69. The number of hydrogen-bond acceptors (Lipinski definition) is 6. The second kappa shape index (κ2) is 9.36. The molecule has 0 unspecified atom stereocenters. The fourth-order valence-corrected chi connectivity index (χ4v) is 5.46. The highest BCUT2D eigenvalue weighted by atomic mass is 35.5. The van der Waals surface area contributed by atoms with Gasteiger partial charge in [0, 0.05) is 31.2 Å². The van der Waals surface area contributed by atoms with Crippen LogP contribution in [0.15, 0.2) is 35.3 Å². The van der Waals surface area contributed by atoms with Crippen LogP contribution < -0.4 is 15.2 Å². The number of aromatic nitrogens is 2. The zero-order chi connectivity index (χ0) is 22.0. The number of rotatable bonds is 6. The summed E-state index contributed by atoms with van der Waals surface area (Å²) in [4.78, 5) is 15.3. The summed E-state index contributed by atoms with van der Waals surface area (Å²) in [6.07, 6.45) is 5.54. The van der Waals surface area contributed by atoms with Crippen LogP contribution in [0, 0.1) is 0 Å². The van der Waals surface area contributed by atoms with Crippen molar-refractivity contribution in [3.8, 4) is 11.4 Å². The minimum Gasteiger partial charge on any atom is -0.483 e. The molecule has 0 atom stereocenters. The molecule has 11 heteroatoms. The molecule has 1 aliphatic heterocycles. The highest BCUT2D eigenvalue weighted by molar-refractivity contribution is 7.90. The van der Waals surface area contributed by atoms with Gasteiger partial charge in [-0.15, -0.1) is 11.6 Å². The maximum atomic E-state index is 13.4. The fourth-order valence-electron chi connectivity index (χ4n) is 4.01. The topological polar surface area (TPSA) is 84.7 Å². The van der Waals surface area contributed by atoms with Gasteiger partial charge in [0.05, 0.1) is 18.0 Å². The lowest BCUT2D eigenvalue weighted by Gasteiger charge is -2.35. The molecule has 0 bridgehead atoms. The first kappa shape index (κ1) is 22.4. The predicted molar refractivity (Wildman–Crippen MR) is 121 cm³/mol. The Kier molecular flexibility index (Phi) is 6.76. The van der Waals surface area contributed by atoms with Crippen LogP contribution in [0.25, 0.3) is 5.69 Å². The van der Waals surface area contributed by atoms with E-state index in [0.717, 1.165) is 25.7 Å². The third kappa shape index (κ3) is 4.84. The van der Waals surface area contributed by atoms with Crippen LogP contribution in [0.5, 0.6) is 5.75 Å². The molecule has 0 amide bonds. The summed E-state index contributed by atoms with van der Waals surface area (Å²) in [6, 6.07) is 6.92. The fraction of sp³-hybridized carbons (Fsp3) is 0.500. The van der Waals surface area contributed by atoms with Gasteiger partial charge in [0.1, 0.15) is 10.9 Å². The van der Waals surface area contributed by atoms with Gasteiger partial charge in [-0.05, 0) is 43.9 Å². The van der Waals surface area contributed by atoms with Crippen LogP contribution in [-0.4, -0.2) is 60.0 Å². The van der Waals surface area contributed by atoms with E-state index in [2.05, 4.69) is 5.10 Å². The zero-order valence-corrected chi connectivity index (χ0v) is 19.2.